The number of rotatable bonds is 16. The van der Waals surface area contributed by atoms with Crippen molar-refractivity contribution >= 4 is 87.2 Å². The highest BCUT2D eigenvalue weighted by Gasteiger charge is 2.21. The van der Waals surface area contributed by atoms with Crippen molar-refractivity contribution in [1.29, 1.82) is 0 Å². The van der Waals surface area contributed by atoms with Gasteiger partial charge in [0.25, 0.3) is 0 Å². The van der Waals surface area contributed by atoms with Gasteiger partial charge in [-0.2, -0.15) is 0 Å². The van der Waals surface area contributed by atoms with Crippen LogP contribution < -0.4 is 0 Å². The highest BCUT2D eigenvalue weighted by molar-refractivity contribution is 6.13. The van der Waals surface area contributed by atoms with E-state index in [0.29, 0.717) is 11.6 Å². The van der Waals surface area contributed by atoms with Gasteiger partial charge in [0, 0.05) is 99.2 Å². The summed E-state index contributed by atoms with van der Waals surface area (Å²) in [5.41, 5.74) is 36.6. The molecule has 8 nitrogen and oxygen atoms in total. The predicted molar refractivity (Wildman–Crippen MR) is 540 cm³/mol. The molecule has 0 aliphatic rings. The zero-order chi connectivity index (χ0) is 85.7. The normalized spacial score (nSPS) is 11.7. The Morgan fingerprint density at radius 1 is 0.115 bits per heavy atom. The van der Waals surface area contributed by atoms with E-state index < -0.39 is 0 Å². The first-order chi connectivity index (χ1) is 64.4. The summed E-state index contributed by atoms with van der Waals surface area (Å²) in [5.74, 6) is 1.30. The minimum atomic E-state index is 0.648. The zero-order valence-electron chi connectivity index (χ0n) is 70.6. The van der Waals surface area contributed by atoms with Crippen LogP contribution in [0, 0.1) is 0 Å². The first-order valence-electron chi connectivity index (χ1n) is 44.3. The van der Waals surface area contributed by atoms with Crippen LogP contribution in [0.3, 0.4) is 0 Å². The quantitative estimate of drug-likeness (QED) is 0.0966. The van der Waals surface area contributed by atoms with Crippen LogP contribution in [-0.2, 0) is 0 Å². The standard InChI is InChI=1S/C122H78N8/c1-9-28-113-101(20-1)102-21-2-10-29-114(102)127(113)97-68-60-83(61-69-97)79-36-48-89(49-37-79)109-77-111(125-121(123-109)93-56-44-81(45-57-93)85-64-72-99(73-65-85)129-117-32-13-5-24-105(117)106-25-6-14-33-118(106)129)91-52-40-87(41-53-91)95-18-17-19-96(76-95)88-42-54-92(55-43-88)112-78-110(90-50-38-80(39-51-90)84-62-70-98(71-63-84)128-115-30-11-3-22-103(115)104-23-4-12-31-116(104)128)124-122(126-112)94-58-46-82(47-59-94)86-66-74-100(75-67-86)130-119-34-15-7-26-107(119)108-27-8-16-35-120(108)130/h1-78H. The molecule has 0 amide bonds. The van der Waals surface area contributed by atoms with Crippen molar-refractivity contribution < 1.29 is 0 Å². The lowest BCUT2D eigenvalue weighted by atomic mass is 9.96. The smallest absolute Gasteiger partial charge is 0.160 e. The molecule has 8 heteroatoms. The number of hydrogen-bond donors (Lipinski definition) is 0. The van der Waals surface area contributed by atoms with E-state index in [1.807, 2.05) is 0 Å². The average molecular weight is 1660 g/mol. The molecule has 0 aliphatic heterocycles. The molecule has 130 heavy (non-hydrogen) atoms. The van der Waals surface area contributed by atoms with Gasteiger partial charge in [-0.15, -0.1) is 0 Å². The highest BCUT2D eigenvalue weighted by Crippen LogP contribution is 2.42. The Kier molecular flexibility index (Phi) is 18.1. The van der Waals surface area contributed by atoms with Crippen molar-refractivity contribution in [1.82, 2.24) is 38.2 Å². The van der Waals surface area contributed by atoms with Gasteiger partial charge in [-0.3, -0.25) is 0 Å². The van der Waals surface area contributed by atoms with Crippen LogP contribution in [-0.4, -0.2) is 38.2 Å². The van der Waals surface area contributed by atoms with Gasteiger partial charge < -0.3 is 18.3 Å². The molecule has 0 N–H and O–H groups in total. The first-order valence-corrected chi connectivity index (χ1v) is 44.3. The fourth-order valence-corrected chi connectivity index (χ4v) is 19.6. The van der Waals surface area contributed by atoms with Crippen LogP contribution in [0.15, 0.2) is 473 Å². The maximum atomic E-state index is 5.39. The molecule has 0 spiro atoms. The van der Waals surface area contributed by atoms with Crippen molar-refractivity contribution in [2.75, 3.05) is 0 Å². The first kappa shape index (κ1) is 75.1. The third-order valence-electron chi connectivity index (χ3n) is 26.1. The van der Waals surface area contributed by atoms with E-state index in [1.165, 1.54) is 87.2 Å². The van der Waals surface area contributed by atoms with Crippen molar-refractivity contribution in [3.05, 3.63) is 473 Å². The summed E-state index contributed by atoms with van der Waals surface area (Å²) in [6, 6.07) is 171. The van der Waals surface area contributed by atoms with Gasteiger partial charge in [0.2, 0.25) is 0 Å². The lowest BCUT2D eigenvalue weighted by molar-refractivity contribution is 1.18. The summed E-state index contributed by atoms with van der Waals surface area (Å²) in [7, 11) is 0. The van der Waals surface area contributed by atoms with Crippen molar-refractivity contribution in [2.45, 2.75) is 0 Å². The summed E-state index contributed by atoms with van der Waals surface area (Å²) >= 11 is 0. The molecule has 25 rings (SSSR count). The van der Waals surface area contributed by atoms with Crippen molar-refractivity contribution in [2.24, 2.45) is 0 Å². The third-order valence-corrected chi connectivity index (χ3v) is 26.1. The molecule has 0 unspecified atom stereocenters. The zero-order valence-corrected chi connectivity index (χ0v) is 70.6. The Morgan fingerprint density at radius 2 is 0.269 bits per heavy atom. The monoisotopic (exact) mass is 1650 g/mol. The topological polar surface area (TPSA) is 71.3 Å². The minimum absolute atomic E-state index is 0.648. The maximum absolute atomic E-state index is 5.39. The van der Waals surface area contributed by atoms with E-state index in [0.717, 1.165) is 146 Å². The molecule has 0 radical (unpaired) electrons. The fourth-order valence-electron chi connectivity index (χ4n) is 19.6. The predicted octanol–water partition coefficient (Wildman–Crippen LogP) is 31.7. The molecular weight excluding hydrogens is 1580 g/mol. The Bertz CT molecular complexity index is 7520. The summed E-state index contributed by atoms with van der Waals surface area (Å²) in [6.07, 6.45) is 0. The molecule has 0 saturated carbocycles. The van der Waals surface area contributed by atoms with Crippen molar-refractivity contribution in [3.63, 3.8) is 0 Å². The Morgan fingerprint density at radius 3 is 0.462 bits per heavy atom. The van der Waals surface area contributed by atoms with Crippen LogP contribution in [0.1, 0.15) is 0 Å². The molecule has 0 bridgehead atoms. The highest BCUT2D eigenvalue weighted by atomic mass is 15.0. The van der Waals surface area contributed by atoms with Gasteiger partial charge in [0.15, 0.2) is 11.6 Å². The van der Waals surface area contributed by atoms with Crippen LogP contribution >= 0.6 is 0 Å². The fraction of sp³-hybridized carbons (Fsp3) is 0. The van der Waals surface area contributed by atoms with E-state index in [1.54, 1.807) is 0 Å². The van der Waals surface area contributed by atoms with Crippen LogP contribution in [0.4, 0.5) is 0 Å². The van der Waals surface area contributed by atoms with Gasteiger partial charge in [-0.1, -0.05) is 358 Å². The van der Waals surface area contributed by atoms with Crippen LogP contribution in [0.5, 0.6) is 0 Å². The van der Waals surface area contributed by atoms with E-state index in [-0.39, 0.29) is 0 Å². The largest absolute Gasteiger partial charge is 0.309 e. The van der Waals surface area contributed by atoms with Gasteiger partial charge in [-0.25, -0.2) is 19.9 Å². The second-order valence-corrected chi connectivity index (χ2v) is 33.6. The van der Waals surface area contributed by atoms with Crippen LogP contribution in [0.25, 0.3) is 245 Å². The number of nitrogens with zero attached hydrogens (tertiary/aromatic N) is 8. The van der Waals surface area contributed by atoms with Crippen LogP contribution in [0.2, 0.25) is 0 Å². The van der Waals surface area contributed by atoms with Crippen molar-refractivity contribution in [3.8, 4) is 157 Å². The number of aromatic nitrogens is 8. The average Bonchev–Trinajstić information content (AvgIpc) is 1.58. The molecule has 19 aromatic carbocycles. The molecular formula is C122H78N8. The van der Waals surface area contributed by atoms with E-state index in [4.69, 9.17) is 19.9 Å². The molecule has 606 valence electrons. The SMILES string of the molecule is c1cc(-c2ccc(-c3cc(-c4ccc(-c5ccc(-n6c7ccccc7c7ccccc76)cc5)cc4)nc(-c4ccc(-c5ccc(-n6c7ccccc7c7ccccc76)cc5)cc4)n3)cc2)cc(-c2ccc(-c3cc(-c4ccc(-c5ccc(-n6c7ccccc7c7ccccc76)cc5)cc4)nc(-c4ccc(-c5ccc(-n6c7ccccc7c7ccccc76)cc5)cc4)n3)cc2)c1. The lowest BCUT2D eigenvalue weighted by Gasteiger charge is -2.12. The maximum Gasteiger partial charge on any atom is 0.160 e. The molecule has 6 aromatic heterocycles. The third kappa shape index (κ3) is 13.2. The van der Waals surface area contributed by atoms with Gasteiger partial charge >= 0.3 is 0 Å². The van der Waals surface area contributed by atoms with Gasteiger partial charge in [-0.05, 0) is 182 Å². The lowest BCUT2D eigenvalue weighted by Crippen LogP contribution is -1.96. The van der Waals surface area contributed by atoms with Gasteiger partial charge in [0.05, 0.1) is 66.9 Å². The minimum Gasteiger partial charge on any atom is -0.309 e. The summed E-state index contributed by atoms with van der Waals surface area (Å²) < 4.78 is 9.45. The number of hydrogen-bond acceptors (Lipinski definition) is 4. The summed E-state index contributed by atoms with van der Waals surface area (Å²) in [4.78, 5) is 21.5. The Labute approximate surface area is 750 Å². The summed E-state index contributed by atoms with van der Waals surface area (Å²) in [6.45, 7) is 0. The second-order valence-electron chi connectivity index (χ2n) is 33.6. The molecule has 25 aromatic rings. The molecule has 6 heterocycles. The van der Waals surface area contributed by atoms with E-state index >= 15 is 0 Å². The molecule has 0 aliphatic carbocycles. The number of benzene rings is 19. The second kappa shape index (κ2) is 31.3. The Hall–Kier alpha value is -17.5. The van der Waals surface area contributed by atoms with E-state index in [9.17, 15) is 0 Å². The molecule has 0 atom stereocenters. The molecule has 0 fully saturated rings. The van der Waals surface area contributed by atoms with E-state index in [2.05, 4.69) is 491 Å². The number of fused-ring (bicyclic) bond motifs is 12. The Balaban J connectivity index is 0.512. The number of para-hydroxylation sites is 8. The molecule has 0 saturated heterocycles. The summed E-state index contributed by atoms with van der Waals surface area (Å²) in [5, 5.41) is 9.97. The van der Waals surface area contributed by atoms with Gasteiger partial charge in [0.1, 0.15) is 0 Å².